The molecule has 1 atom stereocenters. The second kappa shape index (κ2) is 6.33. The zero-order valence-corrected chi connectivity index (χ0v) is 12.4. The molecule has 106 valence electrons. The van der Waals surface area contributed by atoms with Gasteiger partial charge in [-0.3, -0.25) is 0 Å². The molecule has 0 amide bonds. The molecule has 1 fully saturated rings. The molecule has 0 saturated carbocycles. The molecule has 1 aliphatic rings. The molecule has 4 heteroatoms. The molecule has 2 N–H and O–H groups in total. The van der Waals surface area contributed by atoms with Crippen LogP contribution in [0.4, 0.5) is 5.82 Å². The summed E-state index contributed by atoms with van der Waals surface area (Å²) in [7, 11) is 0. The lowest BCUT2D eigenvalue weighted by Crippen LogP contribution is -2.22. The van der Waals surface area contributed by atoms with Gasteiger partial charge in [0.1, 0.15) is 11.6 Å². The average molecular weight is 262 g/mol. The number of anilines is 1. The summed E-state index contributed by atoms with van der Waals surface area (Å²) >= 11 is 0. The molecule has 1 aliphatic heterocycles. The Morgan fingerprint density at radius 1 is 1.42 bits per heavy atom. The molecular formula is C15H26N4. The SMILES string of the molecule is Cc1nc(CCN)cc(N2CCC(CC(C)C)C2)n1. The Morgan fingerprint density at radius 2 is 2.21 bits per heavy atom. The van der Waals surface area contributed by atoms with E-state index in [1.165, 1.54) is 12.8 Å². The van der Waals surface area contributed by atoms with Crippen LogP contribution in [0.1, 0.15) is 38.2 Å². The fourth-order valence-corrected chi connectivity index (χ4v) is 2.95. The highest BCUT2D eigenvalue weighted by Gasteiger charge is 2.24. The highest BCUT2D eigenvalue weighted by atomic mass is 15.2. The van der Waals surface area contributed by atoms with Crippen molar-refractivity contribution < 1.29 is 0 Å². The van der Waals surface area contributed by atoms with Gasteiger partial charge in [-0.05, 0) is 38.1 Å². The minimum absolute atomic E-state index is 0.645. The third-order valence-electron chi connectivity index (χ3n) is 3.69. The summed E-state index contributed by atoms with van der Waals surface area (Å²) in [5.41, 5.74) is 6.68. The molecule has 1 saturated heterocycles. The van der Waals surface area contributed by atoms with Crippen LogP contribution in [0.3, 0.4) is 0 Å². The highest BCUT2D eigenvalue weighted by molar-refractivity contribution is 5.41. The van der Waals surface area contributed by atoms with Gasteiger partial charge in [-0.1, -0.05) is 13.8 Å². The average Bonchev–Trinajstić information content (AvgIpc) is 2.76. The zero-order valence-electron chi connectivity index (χ0n) is 12.4. The fourth-order valence-electron chi connectivity index (χ4n) is 2.95. The van der Waals surface area contributed by atoms with Gasteiger partial charge in [-0.25, -0.2) is 9.97 Å². The van der Waals surface area contributed by atoms with E-state index in [0.717, 1.165) is 48.7 Å². The highest BCUT2D eigenvalue weighted by Crippen LogP contribution is 2.27. The van der Waals surface area contributed by atoms with Crippen LogP contribution in [-0.4, -0.2) is 29.6 Å². The second-order valence-corrected chi connectivity index (χ2v) is 6.03. The predicted octanol–water partition coefficient (Wildman–Crippen LogP) is 2.16. The molecule has 2 rings (SSSR count). The Hall–Kier alpha value is -1.16. The molecule has 0 aliphatic carbocycles. The maximum absolute atomic E-state index is 5.62. The summed E-state index contributed by atoms with van der Waals surface area (Å²) in [6.07, 6.45) is 3.43. The minimum atomic E-state index is 0.645. The minimum Gasteiger partial charge on any atom is -0.356 e. The maximum Gasteiger partial charge on any atom is 0.132 e. The van der Waals surface area contributed by atoms with Crippen molar-refractivity contribution in [2.45, 2.75) is 40.0 Å². The molecular weight excluding hydrogens is 236 g/mol. The molecule has 4 nitrogen and oxygen atoms in total. The monoisotopic (exact) mass is 262 g/mol. The van der Waals surface area contributed by atoms with Crippen molar-refractivity contribution in [2.24, 2.45) is 17.6 Å². The molecule has 19 heavy (non-hydrogen) atoms. The summed E-state index contributed by atoms with van der Waals surface area (Å²) in [5.74, 6) is 3.54. The molecule has 0 spiro atoms. The lowest BCUT2D eigenvalue weighted by molar-refractivity contribution is 0.441. The Bertz CT molecular complexity index is 417. The first-order valence-electron chi connectivity index (χ1n) is 7.38. The Balaban J connectivity index is 2.06. The van der Waals surface area contributed by atoms with Crippen molar-refractivity contribution in [2.75, 3.05) is 24.5 Å². The first kappa shape index (κ1) is 14.3. The quantitative estimate of drug-likeness (QED) is 0.883. The number of aryl methyl sites for hydroxylation is 1. The van der Waals surface area contributed by atoms with Gasteiger partial charge in [-0.15, -0.1) is 0 Å². The number of rotatable bonds is 5. The third kappa shape index (κ3) is 3.90. The Morgan fingerprint density at radius 3 is 2.89 bits per heavy atom. The first-order chi connectivity index (χ1) is 9.08. The molecule has 1 aromatic rings. The smallest absolute Gasteiger partial charge is 0.132 e. The fraction of sp³-hybridized carbons (Fsp3) is 0.733. The molecule has 2 heterocycles. The summed E-state index contributed by atoms with van der Waals surface area (Å²) in [6.45, 7) is 9.47. The van der Waals surface area contributed by atoms with Crippen LogP contribution in [0.2, 0.25) is 0 Å². The topological polar surface area (TPSA) is 55.0 Å². The van der Waals surface area contributed by atoms with Crippen molar-refractivity contribution >= 4 is 5.82 Å². The van der Waals surface area contributed by atoms with E-state index >= 15 is 0 Å². The van der Waals surface area contributed by atoms with Crippen LogP contribution >= 0.6 is 0 Å². The predicted molar refractivity (Wildman–Crippen MR) is 79.3 cm³/mol. The van der Waals surface area contributed by atoms with E-state index in [1.54, 1.807) is 0 Å². The molecule has 0 bridgehead atoms. The van der Waals surface area contributed by atoms with Crippen molar-refractivity contribution in [1.29, 1.82) is 0 Å². The van der Waals surface area contributed by atoms with Crippen LogP contribution in [0.5, 0.6) is 0 Å². The lowest BCUT2D eigenvalue weighted by Gasteiger charge is -2.19. The van der Waals surface area contributed by atoms with Gasteiger partial charge < -0.3 is 10.6 Å². The van der Waals surface area contributed by atoms with Crippen molar-refractivity contribution in [3.8, 4) is 0 Å². The molecule has 0 radical (unpaired) electrons. The summed E-state index contributed by atoms with van der Waals surface area (Å²) in [6, 6.07) is 2.11. The largest absolute Gasteiger partial charge is 0.356 e. The van der Waals surface area contributed by atoms with Gasteiger partial charge in [0.05, 0.1) is 0 Å². The summed E-state index contributed by atoms with van der Waals surface area (Å²) in [5, 5.41) is 0. The van der Waals surface area contributed by atoms with Crippen molar-refractivity contribution in [3.63, 3.8) is 0 Å². The number of nitrogens with zero attached hydrogens (tertiary/aromatic N) is 3. The molecule has 1 unspecified atom stereocenters. The number of aromatic nitrogens is 2. The second-order valence-electron chi connectivity index (χ2n) is 6.03. The number of nitrogens with two attached hydrogens (primary N) is 1. The van der Waals surface area contributed by atoms with Crippen LogP contribution in [0, 0.1) is 18.8 Å². The van der Waals surface area contributed by atoms with Gasteiger partial charge in [0, 0.05) is 31.3 Å². The Kier molecular flexibility index (Phi) is 4.75. The molecule has 0 aromatic carbocycles. The van der Waals surface area contributed by atoms with E-state index in [9.17, 15) is 0 Å². The lowest BCUT2D eigenvalue weighted by atomic mass is 9.97. The number of hydrogen-bond donors (Lipinski definition) is 1. The van der Waals surface area contributed by atoms with Gasteiger partial charge in [-0.2, -0.15) is 0 Å². The van der Waals surface area contributed by atoms with Gasteiger partial charge in [0.25, 0.3) is 0 Å². The van der Waals surface area contributed by atoms with Gasteiger partial charge in [0.2, 0.25) is 0 Å². The van der Waals surface area contributed by atoms with Gasteiger partial charge >= 0.3 is 0 Å². The standard InChI is InChI=1S/C15H26N4/c1-11(2)8-13-5-7-19(10-13)15-9-14(4-6-16)17-12(3)18-15/h9,11,13H,4-8,10,16H2,1-3H3. The van der Waals surface area contributed by atoms with E-state index in [-0.39, 0.29) is 0 Å². The van der Waals surface area contributed by atoms with E-state index in [1.807, 2.05) is 6.92 Å². The maximum atomic E-state index is 5.62. The van der Waals surface area contributed by atoms with Crippen molar-refractivity contribution in [1.82, 2.24) is 9.97 Å². The van der Waals surface area contributed by atoms with Crippen molar-refractivity contribution in [3.05, 3.63) is 17.6 Å². The van der Waals surface area contributed by atoms with E-state index in [2.05, 4.69) is 34.8 Å². The van der Waals surface area contributed by atoms with E-state index < -0.39 is 0 Å². The van der Waals surface area contributed by atoms with Gasteiger partial charge in [0.15, 0.2) is 0 Å². The van der Waals surface area contributed by atoms with E-state index in [0.29, 0.717) is 6.54 Å². The zero-order chi connectivity index (χ0) is 13.8. The Labute approximate surface area is 116 Å². The van der Waals surface area contributed by atoms with E-state index in [4.69, 9.17) is 5.73 Å². The summed E-state index contributed by atoms with van der Waals surface area (Å²) < 4.78 is 0. The summed E-state index contributed by atoms with van der Waals surface area (Å²) in [4.78, 5) is 11.4. The number of hydrogen-bond acceptors (Lipinski definition) is 4. The normalized spacial score (nSPS) is 19.4. The van der Waals surface area contributed by atoms with Crippen LogP contribution in [-0.2, 0) is 6.42 Å². The van der Waals surface area contributed by atoms with Crippen LogP contribution in [0.15, 0.2) is 6.07 Å². The van der Waals surface area contributed by atoms with Crippen LogP contribution in [0.25, 0.3) is 0 Å². The third-order valence-corrected chi connectivity index (χ3v) is 3.69. The van der Waals surface area contributed by atoms with Crippen LogP contribution < -0.4 is 10.6 Å². The first-order valence-corrected chi connectivity index (χ1v) is 7.38. The molecule has 1 aromatic heterocycles.